The highest BCUT2D eigenvalue weighted by atomic mass is 16.5. The fourth-order valence-corrected chi connectivity index (χ4v) is 3.44. The van der Waals surface area contributed by atoms with Crippen LogP contribution < -0.4 is 24.6 Å². The van der Waals surface area contributed by atoms with Crippen LogP contribution in [0.3, 0.4) is 0 Å². The first kappa shape index (κ1) is 22.9. The van der Waals surface area contributed by atoms with Crippen LogP contribution >= 0.6 is 0 Å². The van der Waals surface area contributed by atoms with E-state index in [1.807, 2.05) is 37.3 Å². The highest BCUT2D eigenvalue weighted by molar-refractivity contribution is 6.31. The van der Waals surface area contributed by atoms with Crippen LogP contribution in [0.5, 0.6) is 17.2 Å². The van der Waals surface area contributed by atoms with Crippen molar-refractivity contribution >= 4 is 23.6 Å². The number of benzene rings is 3. The van der Waals surface area contributed by atoms with Crippen molar-refractivity contribution in [1.82, 2.24) is 5.43 Å². The normalized spacial score (nSPS) is 14.3. The number of hydrogen-bond donors (Lipinski definition) is 1. The number of aryl methyl sites for hydroxylation is 1. The van der Waals surface area contributed by atoms with Crippen molar-refractivity contribution in [3.05, 3.63) is 89.5 Å². The highest BCUT2D eigenvalue weighted by Gasteiger charge is 2.34. The molecule has 2 amide bonds. The molecule has 1 N–H and O–H groups in total. The van der Waals surface area contributed by atoms with Crippen molar-refractivity contribution in [2.75, 3.05) is 25.3 Å². The van der Waals surface area contributed by atoms with Gasteiger partial charge >= 0.3 is 0 Å². The molecule has 0 atom stereocenters. The zero-order chi connectivity index (χ0) is 23.9. The Morgan fingerprint density at radius 2 is 1.62 bits per heavy atom. The average Bonchev–Trinajstić information content (AvgIpc) is 3.14. The van der Waals surface area contributed by atoms with Crippen LogP contribution in [0.25, 0.3) is 6.08 Å². The third-order valence-electron chi connectivity index (χ3n) is 5.24. The fraction of sp³-hybridized carbons (Fsp3) is 0.185. The van der Waals surface area contributed by atoms with Gasteiger partial charge in [0.15, 0.2) is 11.5 Å². The number of nitrogens with zero attached hydrogens (tertiary/aromatic N) is 1. The standard InChI is InChI=1S/C27H26N2O5/c1-19-9-12-22(13-10-19)33-15-6-16-34-24-14-11-20(18-25(24)32-2)17-23-26(30)28-29(27(23)31)21-7-4-3-5-8-21/h3-5,7-14,17-18H,6,15-16H2,1-2H3,(H,28,30)/b23-17+. The van der Waals surface area contributed by atoms with Gasteiger partial charge in [-0.05, 0) is 55.0 Å². The smallest absolute Gasteiger partial charge is 0.282 e. The molecule has 1 aliphatic rings. The second kappa shape index (κ2) is 10.6. The summed E-state index contributed by atoms with van der Waals surface area (Å²) in [5.41, 5.74) is 5.08. The predicted molar refractivity (Wildman–Crippen MR) is 130 cm³/mol. The van der Waals surface area contributed by atoms with Crippen LogP contribution in [0.15, 0.2) is 78.4 Å². The quantitative estimate of drug-likeness (QED) is 0.294. The summed E-state index contributed by atoms with van der Waals surface area (Å²) in [6, 6.07) is 22.1. The molecule has 0 aliphatic carbocycles. The Bertz CT molecular complexity index is 1190. The van der Waals surface area contributed by atoms with E-state index in [1.54, 1.807) is 55.7 Å². The third-order valence-corrected chi connectivity index (χ3v) is 5.24. The van der Waals surface area contributed by atoms with Gasteiger partial charge < -0.3 is 14.2 Å². The summed E-state index contributed by atoms with van der Waals surface area (Å²) in [5, 5.41) is 1.24. The van der Waals surface area contributed by atoms with Gasteiger partial charge in [0.25, 0.3) is 11.8 Å². The van der Waals surface area contributed by atoms with E-state index in [-0.39, 0.29) is 5.57 Å². The number of methoxy groups -OCH3 is 1. The SMILES string of the molecule is COc1cc(/C=C2\C(=O)NN(c3ccccc3)C2=O)ccc1OCCCOc1ccc(C)cc1. The summed E-state index contributed by atoms with van der Waals surface area (Å²) in [7, 11) is 1.55. The van der Waals surface area contributed by atoms with E-state index in [0.717, 1.165) is 5.75 Å². The first-order valence-electron chi connectivity index (χ1n) is 11.0. The highest BCUT2D eigenvalue weighted by Crippen LogP contribution is 2.30. The van der Waals surface area contributed by atoms with Gasteiger partial charge in [-0.25, -0.2) is 5.01 Å². The lowest BCUT2D eigenvalue weighted by Crippen LogP contribution is -2.35. The number of ether oxygens (including phenoxy) is 3. The summed E-state index contributed by atoms with van der Waals surface area (Å²) in [5.74, 6) is 1.05. The lowest BCUT2D eigenvalue weighted by Gasteiger charge is -2.14. The maximum Gasteiger partial charge on any atom is 0.282 e. The number of para-hydroxylation sites is 1. The molecule has 0 spiro atoms. The molecule has 3 aromatic carbocycles. The van der Waals surface area contributed by atoms with E-state index in [4.69, 9.17) is 14.2 Å². The molecule has 0 bridgehead atoms. The van der Waals surface area contributed by atoms with Gasteiger partial charge in [0.05, 0.1) is 26.0 Å². The summed E-state index contributed by atoms with van der Waals surface area (Å²) < 4.78 is 17.0. The second-order valence-electron chi connectivity index (χ2n) is 7.75. The minimum absolute atomic E-state index is 0.0489. The Labute approximate surface area is 198 Å². The first-order valence-corrected chi connectivity index (χ1v) is 11.0. The van der Waals surface area contributed by atoms with E-state index < -0.39 is 11.8 Å². The van der Waals surface area contributed by atoms with Gasteiger partial charge in [0, 0.05) is 6.42 Å². The van der Waals surface area contributed by atoms with Gasteiger partial charge in [0.2, 0.25) is 0 Å². The maximum atomic E-state index is 12.8. The molecule has 0 saturated carbocycles. The Morgan fingerprint density at radius 1 is 0.882 bits per heavy atom. The number of rotatable bonds is 9. The van der Waals surface area contributed by atoms with Crippen molar-refractivity contribution in [2.45, 2.75) is 13.3 Å². The number of hydrazine groups is 1. The van der Waals surface area contributed by atoms with Gasteiger partial charge in [-0.3, -0.25) is 15.0 Å². The lowest BCUT2D eigenvalue weighted by molar-refractivity contribution is -0.117. The molecule has 1 saturated heterocycles. The zero-order valence-electron chi connectivity index (χ0n) is 19.1. The number of anilines is 1. The fourth-order valence-electron chi connectivity index (χ4n) is 3.44. The third kappa shape index (κ3) is 5.38. The zero-order valence-corrected chi connectivity index (χ0v) is 19.1. The minimum Gasteiger partial charge on any atom is -0.493 e. The van der Waals surface area contributed by atoms with Crippen molar-refractivity contribution in [3.63, 3.8) is 0 Å². The number of carbonyl (C=O) groups excluding carboxylic acids is 2. The Kier molecular flexibility index (Phi) is 7.13. The lowest BCUT2D eigenvalue weighted by atomic mass is 10.1. The molecule has 0 aromatic heterocycles. The largest absolute Gasteiger partial charge is 0.493 e. The van der Waals surface area contributed by atoms with Crippen LogP contribution in [-0.4, -0.2) is 32.1 Å². The van der Waals surface area contributed by atoms with Crippen LogP contribution in [0.1, 0.15) is 17.5 Å². The number of carbonyl (C=O) groups is 2. The van der Waals surface area contributed by atoms with Crippen LogP contribution in [0, 0.1) is 6.92 Å². The minimum atomic E-state index is -0.457. The van der Waals surface area contributed by atoms with E-state index in [2.05, 4.69) is 5.43 Å². The second-order valence-corrected chi connectivity index (χ2v) is 7.75. The van der Waals surface area contributed by atoms with E-state index in [9.17, 15) is 9.59 Å². The van der Waals surface area contributed by atoms with Gasteiger partial charge in [-0.1, -0.05) is 42.0 Å². The number of amides is 2. The Hall–Kier alpha value is -4.26. The molecular weight excluding hydrogens is 432 g/mol. The molecule has 1 heterocycles. The molecule has 0 radical (unpaired) electrons. The van der Waals surface area contributed by atoms with Crippen molar-refractivity contribution in [1.29, 1.82) is 0 Å². The monoisotopic (exact) mass is 458 g/mol. The average molecular weight is 459 g/mol. The maximum absolute atomic E-state index is 12.8. The van der Waals surface area contributed by atoms with Crippen molar-refractivity contribution in [3.8, 4) is 17.2 Å². The number of hydrogen-bond acceptors (Lipinski definition) is 5. The molecule has 3 aromatic rings. The summed E-state index contributed by atoms with van der Waals surface area (Å²) in [6.07, 6.45) is 2.25. The Morgan fingerprint density at radius 3 is 2.35 bits per heavy atom. The molecular formula is C27H26N2O5. The molecule has 1 aliphatic heterocycles. The predicted octanol–water partition coefficient (Wildman–Crippen LogP) is 4.31. The number of nitrogens with one attached hydrogen (secondary N) is 1. The molecule has 4 rings (SSSR count). The first-order chi connectivity index (χ1) is 16.5. The summed E-state index contributed by atoms with van der Waals surface area (Å²) >= 11 is 0. The molecule has 174 valence electrons. The van der Waals surface area contributed by atoms with E-state index in [0.29, 0.717) is 42.4 Å². The van der Waals surface area contributed by atoms with E-state index in [1.165, 1.54) is 10.6 Å². The van der Waals surface area contributed by atoms with Gasteiger partial charge in [0.1, 0.15) is 11.3 Å². The molecule has 0 unspecified atom stereocenters. The van der Waals surface area contributed by atoms with Gasteiger partial charge in [-0.2, -0.15) is 0 Å². The molecule has 7 heteroatoms. The molecule has 34 heavy (non-hydrogen) atoms. The van der Waals surface area contributed by atoms with Gasteiger partial charge in [-0.15, -0.1) is 0 Å². The van der Waals surface area contributed by atoms with Crippen LogP contribution in [0.2, 0.25) is 0 Å². The van der Waals surface area contributed by atoms with Crippen molar-refractivity contribution < 1.29 is 23.8 Å². The summed E-state index contributed by atoms with van der Waals surface area (Å²) in [6.45, 7) is 3.02. The topological polar surface area (TPSA) is 77.1 Å². The Balaban J connectivity index is 1.37. The van der Waals surface area contributed by atoms with E-state index >= 15 is 0 Å². The van der Waals surface area contributed by atoms with Crippen LogP contribution in [0.4, 0.5) is 5.69 Å². The van der Waals surface area contributed by atoms with Crippen LogP contribution in [-0.2, 0) is 9.59 Å². The summed E-state index contributed by atoms with van der Waals surface area (Å²) in [4.78, 5) is 25.2. The molecule has 1 fully saturated rings. The van der Waals surface area contributed by atoms with Crippen molar-refractivity contribution in [2.24, 2.45) is 0 Å². The molecule has 7 nitrogen and oxygen atoms in total.